The molecule has 3 fully saturated rings. The van der Waals surface area contributed by atoms with Gasteiger partial charge in [0.1, 0.15) is 5.54 Å². The van der Waals surface area contributed by atoms with Crippen LogP contribution < -0.4 is 5.32 Å². The minimum Gasteiger partial charge on any atom is -0.480 e. The quantitative estimate of drug-likeness (QED) is 0.834. The molecular weight excluding hydrogens is 254 g/mol. The lowest BCUT2D eigenvalue weighted by molar-refractivity contribution is -0.150. The van der Waals surface area contributed by atoms with E-state index in [1.807, 2.05) is 0 Å². The van der Waals surface area contributed by atoms with E-state index in [-0.39, 0.29) is 11.8 Å². The molecule has 4 unspecified atom stereocenters. The van der Waals surface area contributed by atoms with E-state index in [4.69, 9.17) is 0 Å². The predicted octanol–water partition coefficient (Wildman–Crippen LogP) is 2.57. The Morgan fingerprint density at radius 1 is 1.10 bits per heavy atom. The number of carboxylic acids is 1. The summed E-state index contributed by atoms with van der Waals surface area (Å²) in [5, 5.41) is 12.5. The SMILES string of the molecule is CC1CCCC(NC(=O)C2C3CCCCC32)(C(=O)O)C1. The smallest absolute Gasteiger partial charge is 0.329 e. The Morgan fingerprint density at radius 3 is 2.30 bits per heavy atom. The second-order valence-electron chi connectivity index (χ2n) is 7.22. The molecule has 3 aliphatic carbocycles. The van der Waals surface area contributed by atoms with Crippen LogP contribution in [0.5, 0.6) is 0 Å². The fraction of sp³-hybridized carbons (Fsp3) is 0.875. The number of carboxylic acid groups (broad SMARTS) is 1. The normalized spacial score (nSPS) is 43.5. The predicted molar refractivity (Wildman–Crippen MR) is 75.1 cm³/mol. The summed E-state index contributed by atoms with van der Waals surface area (Å²) >= 11 is 0. The van der Waals surface area contributed by atoms with Gasteiger partial charge < -0.3 is 10.4 Å². The van der Waals surface area contributed by atoms with Crippen LogP contribution in [0.15, 0.2) is 0 Å². The summed E-state index contributed by atoms with van der Waals surface area (Å²) in [5.41, 5.74) is -1.000. The van der Waals surface area contributed by atoms with Gasteiger partial charge in [0.15, 0.2) is 0 Å². The van der Waals surface area contributed by atoms with Gasteiger partial charge in [0, 0.05) is 5.92 Å². The van der Waals surface area contributed by atoms with Crippen molar-refractivity contribution in [2.75, 3.05) is 0 Å². The summed E-state index contributed by atoms with van der Waals surface area (Å²) in [7, 11) is 0. The number of fused-ring (bicyclic) bond motifs is 1. The standard InChI is InChI=1S/C16H25NO3/c1-10-5-4-8-16(9-10,15(19)20)17-14(18)13-11-6-2-3-7-12(11)13/h10-13H,2-9H2,1H3,(H,17,18)(H,19,20). The van der Waals surface area contributed by atoms with Crippen molar-refractivity contribution in [2.24, 2.45) is 23.7 Å². The van der Waals surface area contributed by atoms with Gasteiger partial charge in [-0.05, 0) is 43.4 Å². The van der Waals surface area contributed by atoms with Crippen LogP contribution in [-0.4, -0.2) is 22.5 Å². The Kier molecular flexibility index (Phi) is 3.51. The van der Waals surface area contributed by atoms with Crippen LogP contribution >= 0.6 is 0 Å². The highest BCUT2D eigenvalue weighted by atomic mass is 16.4. The van der Waals surface area contributed by atoms with Crippen LogP contribution in [0.25, 0.3) is 0 Å². The molecule has 1 amide bonds. The van der Waals surface area contributed by atoms with Crippen LogP contribution in [0.3, 0.4) is 0 Å². The van der Waals surface area contributed by atoms with Gasteiger partial charge in [-0.3, -0.25) is 4.79 Å². The summed E-state index contributed by atoms with van der Waals surface area (Å²) < 4.78 is 0. The van der Waals surface area contributed by atoms with E-state index >= 15 is 0 Å². The molecule has 0 aromatic heterocycles. The highest BCUT2D eigenvalue weighted by Gasteiger charge is 2.56. The number of nitrogens with one attached hydrogen (secondary N) is 1. The summed E-state index contributed by atoms with van der Waals surface area (Å²) in [5.74, 6) is 0.721. The molecule has 0 aromatic carbocycles. The monoisotopic (exact) mass is 279 g/mol. The summed E-state index contributed by atoms with van der Waals surface area (Å²) in [6.45, 7) is 2.08. The highest BCUT2D eigenvalue weighted by Crippen LogP contribution is 2.55. The molecule has 0 bridgehead atoms. The van der Waals surface area contributed by atoms with Crippen molar-refractivity contribution >= 4 is 11.9 Å². The van der Waals surface area contributed by atoms with Gasteiger partial charge in [-0.1, -0.05) is 32.6 Å². The molecule has 4 atom stereocenters. The molecule has 2 N–H and O–H groups in total. The van der Waals surface area contributed by atoms with Gasteiger partial charge in [0.05, 0.1) is 0 Å². The summed E-state index contributed by atoms with van der Waals surface area (Å²) in [6.07, 6.45) is 7.89. The van der Waals surface area contributed by atoms with E-state index in [2.05, 4.69) is 12.2 Å². The Labute approximate surface area is 120 Å². The van der Waals surface area contributed by atoms with E-state index in [9.17, 15) is 14.7 Å². The Bertz CT molecular complexity index is 410. The third-order valence-corrected chi connectivity index (χ3v) is 5.73. The third kappa shape index (κ3) is 2.33. The maximum Gasteiger partial charge on any atom is 0.329 e. The van der Waals surface area contributed by atoms with Gasteiger partial charge in [0.25, 0.3) is 0 Å². The van der Waals surface area contributed by atoms with Crippen LogP contribution in [-0.2, 0) is 9.59 Å². The molecule has 4 heteroatoms. The zero-order chi connectivity index (χ0) is 14.3. The summed E-state index contributed by atoms with van der Waals surface area (Å²) in [6, 6.07) is 0. The molecule has 0 saturated heterocycles. The van der Waals surface area contributed by atoms with Crippen molar-refractivity contribution in [3.8, 4) is 0 Å². The first-order chi connectivity index (χ1) is 9.53. The largest absolute Gasteiger partial charge is 0.480 e. The first-order valence-electron chi connectivity index (χ1n) is 8.09. The lowest BCUT2D eigenvalue weighted by Gasteiger charge is -2.37. The lowest BCUT2D eigenvalue weighted by atomic mass is 9.76. The van der Waals surface area contributed by atoms with Crippen LogP contribution in [0.1, 0.15) is 58.3 Å². The molecule has 0 aliphatic heterocycles. The third-order valence-electron chi connectivity index (χ3n) is 5.73. The fourth-order valence-electron chi connectivity index (χ4n) is 4.61. The molecule has 3 rings (SSSR count). The maximum absolute atomic E-state index is 12.5. The van der Waals surface area contributed by atoms with Crippen molar-refractivity contribution in [2.45, 2.75) is 63.8 Å². The second kappa shape index (κ2) is 5.05. The molecule has 0 radical (unpaired) electrons. The minimum absolute atomic E-state index is 0.0124. The molecule has 0 spiro atoms. The topological polar surface area (TPSA) is 66.4 Å². The zero-order valence-corrected chi connectivity index (χ0v) is 12.2. The molecule has 20 heavy (non-hydrogen) atoms. The number of rotatable bonds is 3. The van der Waals surface area contributed by atoms with Gasteiger partial charge in [-0.15, -0.1) is 0 Å². The van der Waals surface area contributed by atoms with E-state index in [1.165, 1.54) is 12.8 Å². The summed E-state index contributed by atoms with van der Waals surface area (Å²) in [4.78, 5) is 24.2. The number of carbonyl (C=O) groups excluding carboxylic acids is 1. The van der Waals surface area contributed by atoms with E-state index < -0.39 is 11.5 Å². The first-order valence-corrected chi connectivity index (χ1v) is 8.09. The minimum atomic E-state index is -1.000. The van der Waals surface area contributed by atoms with E-state index in [1.54, 1.807) is 0 Å². The molecule has 3 saturated carbocycles. The molecule has 112 valence electrons. The van der Waals surface area contributed by atoms with Crippen LogP contribution in [0, 0.1) is 23.7 Å². The van der Waals surface area contributed by atoms with Crippen molar-refractivity contribution in [1.29, 1.82) is 0 Å². The average molecular weight is 279 g/mol. The number of carbonyl (C=O) groups is 2. The highest BCUT2D eigenvalue weighted by molar-refractivity contribution is 5.89. The zero-order valence-electron chi connectivity index (χ0n) is 12.2. The van der Waals surface area contributed by atoms with Gasteiger partial charge >= 0.3 is 5.97 Å². The second-order valence-corrected chi connectivity index (χ2v) is 7.22. The fourth-order valence-corrected chi connectivity index (χ4v) is 4.61. The molecular formula is C16H25NO3. The van der Waals surface area contributed by atoms with Crippen molar-refractivity contribution in [3.63, 3.8) is 0 Å². The number of amides is 1. The van der Waals surface area contributed by atoms with Crippen LogP contribution in [0.2, 0.25) is 0 Å². The van der Waals surface area contributed by atoms with Crippen LogP contribution in [0.4, 0.5) is 0 Å². The van der Waals surface area contributed by atoms with Crippen molar-refractivity contribution in [3.05, 3.63) is 0 Å². The lowest BCUT2D eigenvalue weighted by Crippen LogP contribution is -2.57. The van der Waals surface area contributed by atoms with Crippen molar-refractivity contribution < 1.29 is 14.7 Å². The number of aliphatic carboxylic acids is 1. The number of hydrogen-bond acceptors (Lipinski definition) is 2. The van der Waals surface area contributed by atoms with E-state index in [0.717, 1.165) is 25.7 Å². The van der Waals surface area contributed by atoms with E-state index in [0.29, 0.717) is 30.6 Å². The van der Waals surface area contributed by atoms with Gasteiger partial charge in [0.2, 0.25) is 5.91 Å². The Hall–Kier alpha value is -1.06. The van der Waals surface area contributed by atoms with Gasteiger partial charge in [-0.25, -0.2) is 4.79 Å². The first kappa shape index (κ1) is 13.9. The molecule has 4 nitrogen and oxygen atoms in total. The van der Waals surface area contributed by atoms with Crippen molar-refractivity contribution in [1.82, 2.24) is 5.32 Å². The molecule has 3 aliphatic rings. The maximum atomic E-state index is 12.5. The Balaban J connectivity index is 1.68. The molecule has 0 heterocycles. The average Bonchev–Trinajstić information content (AvgIpc) is 3.12. The Morgan fingerprint density at radius 2 is 1.75 bits per heavy atom. The van der Waals surface area contributed by atoms with Gasteiger partial charge in [-0.2, -0.15) is 0 Å². The molecule has 0 aromatic rings. The number of hydrogen-bond donors (Lipinski definition) is 2.